The number of nitrogens with one attached hydrogen (secondary N) is 1. The second-order valence-corrected chi connectivity index (χ2v) is 13.2. The molecule has 3 aromatic carbocycles. The molecule has 3 rings (SSSR count). The summed E-state index contributed by atoms with van der Waals surface area (Å²) >= 11 is 12.4. The van der Waals surface area contributed by atoms with E-state index >= 15 is 0 Å². The highest BCUT2D eigenvalue weighted by Gasteiger charge is 2.33. The number of nitrogens with zero attached hydrogens (tertiary/aromatic N) is 2. The standard InChI is InChI=1S/C31H37Cl2N3O4S/c1-6-29(31(38)34-18-21(2)3)35(19-24-12-15-27(32)28(33)17-24)30(37)20-36(25-9-7-8-23(5)16-25)41(39,40)26-13-10-22(4)11-14-26/h7-17,21,29H,6,18-20H2,1-5H3,(H,34,38). The number of hydrogen-bond acceptors (Lipinski definition) is 4. The van der Waals surface area contributed by atoms with Crippen LogP contribution >= 0.6 is 23.2 Å². The van der Waals surface area contributed by atoms with Crippen molar-refractivity contribution in [3.63, 3.8) is 0 Å². The van der Waals surface area contributed by atoms with E-state index in [4.69, 9.17) is 23.2 Å². The second-order valence-electron chi connectivity index (χ2n) is 10.5. The van der Waals surface area contributed by atoms with Gasteiger partial charge in [-0.3, -0.25) is 13.9 Å². The van der Waals surface area contributed by atoms with E-state index < -0.39 is 28.5 Å². The second kappa shape index (κ2) is 14.2. The Labute approximate surface area is 253 Å². The topological polar surface area (TPSA) is 86.8 Å². The minimum atomic E-state index is -4.13. The average Bonchev–Trinajstić information content (AvgIpc) is 2.92. The molecule has 1 unspecified atom stereocenters. The summed E-state index contributed by atoms with van der Waals surface area (Å²) in [5.74, 6) is -0.620. The van der Waals surface area contributed by atoms with Gasteiger partial charge in [0.1, 0.15) is 12.6 Å². The van der Waals surface area contributed by atoms with Crippen molar-refractivity contribution in [2.75, 3.05) is 17.4 Å². The molecule has 0 aliphatic heterocycles. The molecule has 1 N–H and O–H groups in total. The van der Waals surface area contributed by atoms with Crippen LogP contribution in [0.2, 0.25) is 10.0 Å². The molecule has 0 aliphatic carbocycles. The van der Waals surface area contributed by atoms with Gasteiger partial charge in [-0.05, 0) is 73.7 Å². The molecular weight excluding hydrogens is 581 g/mol. The third-order valence-corrected chi connectivity index (χ3v) is 9.11. The van der Waals surface area contributed by atoms with Gasteiger partial charge in [0, 0.05) is 13.1 Å². The van der Waals surface area contributed by atoms with E-state index in [1.807, 2.05) is 40.7 Å². The molecule has 1 atom stereocenters. The first-order valence-electron chi connectivity index (χ1n) is 13.5. The molecule has 3 aromatic rings. The molecule has 2 amide bonds. The average molecular weight is 619 g/mol. The lowest BCUT2D eigenvalue weighted by Gasteiger charge is -2.33. The van der Waals surface area contributed by atoms with Gasteiger partial charge in [-0.1, -0.05) is 79.9 Å². The number of sulfonamides is 1. The molecule has 0 saturated carbocycles. The number of halogens is 2. The van der Waals surface area contributed by atoms with Gasteiger partial charge in [0.15, 0.2) is 0 Å². The quantitative estimate of drug-likeness (QED) is 0.255. The van der Waals surface area contributed by atoms with E-state index in [1.165, 1.54) is 17.0 Å². The summed E-state index contributed by atoms with van der Waals surface area (Å²) < 4.78 is 29.0. The molecule has 10 heteroatoms. The smallest absolute Gasteiger partial charge is 0.264 e. The van der Waals surface area contributed by atoms with Gasteiger partial charge < -0.3 is 10.2 Å². The van der Waals surface area contributed by atoms with E-state index in [-0.39, 0.29) is 23.3 Å². The fourth-order valence-corrected chi connectivity index (χ4v) is 6.05. The summed E-state index contributed by atoms with van der Waals surface area (Å²) in [5.41, 5.74) is 2.76. The number of aryl methyl sites for hydroxylation is 2. The molecule has 0 aliphatic rings. The summed E-state index contributed by atoms with van der Waals surface area (Å²) in [5, 5.41) is 3.60. The van der Waals surface area contributed by atoms with Crippen LogP contribution in [-0.4, -0.2) is 44.3 Å². The maximum absolute atomic E-state index is 14.1. The minimum Gasteiger partial charge on any atom is -0.354 e. The number of carbonyl (C=O) groups is 2. The highest BCUT2D eigenvalue weighted by Crippen LogP contribution is 2.27. The summed E-state index contributed by atoms with van der Waals surface area (Å²) in [4.78, 5) is 28.9. The maximum Gasteiger partial charge on any atom is 0.264 e. The summed E-state index contributed by atoms with van der Waals surface area (Å²) in [6.45, 7) is 9.48. The van der Waals surface area contributed by atoms with Crippen molar-refractivity contribution in [1.82, 2.24) is 10.2 Å². The summed E-state index contributed by atoms with van der Waals surface area (Å²) in [6, 6.07) is 17.6. The Hall–Kier alpha value is -3.07. The lowest BCUT2D eigenvalue weighted by Crippen LogP contribution is -2.52. The molecule has 0 heterocycles. The van der Waals surface area contributed by atoms with E-state index in [0.717, 1.165) is 15.4 Å². The molecule has 0 radical (unpaired) electrons. The van der Waals surface area contributed by atoms with E-state index in [2.05, 4.69) is 5.32 Å². The van der Waals surface area contributed by atoms with Crippen LogP contribution in [0.25, 0.3) is 0 Å². The highest BCUT2D eigenvalue weighted by molar-refractivity contribution is 7.92. The van der Waals surface area contributed by atoms with Crippen LogP contribution in [0.15, 0.2) is 71.6 Å². The normalized spacial score (nSPS) is 12.2. The van der Waals surface area contributed by atoms with Gasteiger partial charge in [0.25, 0.3) is 10.0 Å². The lowest BCUT2D eigenvalue weighted by atomic mass is 10.1. The zero-order chi connectivity index (χ0) is 30.3. The molecule has 41 heavy (non-hydrogen) atoms. The third kappa shape index (κ3) is 8.47. The van der Waals surface area contributed by atoms with Crippen molar-refractivity contribution in [3.05, 3.63) is 93.5 Å². The molecule has 0 saturated heterocycles. The molecule has 220 valence electrons. The van der Waals surface area contributed by atoms with E-state index in [1.54, 1.807) is 48.5 Å². The number of carbonyl (C=O) groups excluding carboxylic acids is 2. The number of anilines is 1. The molecule has 0 fully saturated rings. The maximum atomic E-state index is 14.1. The predicted molar refractivity (Wildman–Crippen MR) is 166 cm³/mol. The SMILES string of the molecule is CCC(C(=O)NCC(C)C)N(Cc1ccc(Cl)c(Cl)c1)C(=O)CN(c1cccc(C)c1)S(=O)(=O)c1ccc(C)cc1. The van der Waals surface area contributed by atoms with E-state index in [0.29, 0.717) is 34.3 Å². The van der Waals surface area contributed by atoms with Crippen LogP contribution in [0.3, 0.4) is 0 Å². The zero-order valence-corrected chi connectivity index (χ0v) is 26.4. The van der Waals surface area contributed by atoms with Crippen LogP contribution in [-0.2, 0) is 26.2 Å². The largest absolute Gasteiger partial charge is 0.354 e. The van der Waals surface area contributed by atoms with Crippen molar-refractivity contribution in [3.8, 4) is 0 Å². The van der Waals surface area contributed by atoms with Gasteiger partial charge in [-0.2, -0.15) is 0 Å². The fraction of sp³-hybridized carbons (Fsp3) is 0.355. The summed E-state index contributed by atoms with van der Waals surface area (Å²) in [7, 11) is -4.13. The molecular formula is C31H37Cl2N3O4S. The highest BCUT2D eigenvalue weighted by atomic mass is 35.5. The Balaban J connectivity index is 2.06. The van der Waals surface area contributed by atoms with Crippen molar-refractivity contribution in [2.24, 2.45) is 5.92 Å². The Kier molecular flexibility index (Phi) is 11.2. The Morgan fingerprint density at radius 2 is 1.59 bits per heavy atom. The van der Waals surface area contributed by atoms with Crippen LogP contribution in [0.4, 0.5) is 5.69 Å². The zero-order valence-electron chi connectivity index (χ0n) is 24.0. The minimum absolute atomic E-state index is 0.0373. The third-order valence-electron chi connectivity index (χ3n) is 6.58. The molecule has 0 bridgehead atoms. The molecule has 7 nitrogen and oxygen atoms in total. The molecule has 0 spiro atoms. The number of hydrogen-bond donors (Lipinski definition) is 1. The molecule has 0 aromatic heterocycles. The monoisotopic (exact) mass is 617 g/mol. The van der Waals surface area contributed by atoms with Crippen molar-refractivity contribution in [2.45, 2.75) is 58.5 Å². The number of amides is 2. The first-order chi connectivity index (χ1) is 19.3. The number of benzene rings is 3. The van der Waals surface area contributed by atoms with Crippen molar-refractivity contribution in [1.29, 1.82) is 0 Å². The number of rotatable bonds is 12. The van der Waals surface area contributed by atoms with Crippen LogP contribution < -0.4 is 9.62 Å². The van der Waals surface area contributed by atoms with Crippen LogP contribution in [0, 0.1) is 19.8 Å². The lowest BCUT2D eigenvalue weighted by molar-refractivity contribution is -0.140. The summed E-state index contributed by atoms with van der Waals surface area (Å²) in [6.07, 6.45) is 0.326. The Morgan fingerprint density at radius 1 is 0.902 bits per heavy atom. The Bertz CT molecular complexity index is 1480. The van der Waals surface area contributed by atoms with Gasteiger partial charge in [-0.15, -0.1) is 0 Å². The van der Waals surface area contributed by atoms with Gasteiger partial charge >= 0.3 is 0 Å². The van der Waals surface area contributed by atoms with Crippen molar-refractivity contribution >= 4 is 50.7 Å². The first kappa shape index (κ1) is 32.4. The first-order valence-corrected chi connectivity index (χ1v) is 15.7. The van der Waals surface area contributed by atoms with Gasteiger partial charge in [-0.25, -0.2) is 8.42 Å². The van der Waals surface area contributed by atoms with Crippen molar-refractivity contribution < 1.29 is 18.0 Å². The van der Waals surface area contributed by atoms with Gasteiger partial charge in [0.05, 0.1) is 20.6 Å². The van der Waals surface area contributed by atoms with Crippen LogP contribution in [0.5, 0.6) is 0 Å². The fourth-order valence-electron chi connectivity index (χ4n) is 4.33. The van der Waals surface area contributed by atoms with Gasteiger partial charge in [0.2, 0.25) is 11.8 Å². The Morgan fingerprint density at radius 3 is 2.17 bits per heavy atom. The van der Waals surface area contributed by atoms with E-state index in [9.17, 15) is 18.0 Å². The predicted octanol–water partition coefficient (Wildman–Crippen LogP) is 6.39. The van der Waals surface area contributed by atoms with Crippen LogP contribution in [0.1, 0.15) is 43.9 Å².